The van der Waals surface area contributed by atoms with Crippen LogP contribution in [-0.4, -0.2) is 14.2 Å². The average Bonchev–Trinajstić information content (AvgIpc) is 2.59. The van der Waals surface area contributed by atoms with Crippen LogP contribution < -0.4 is 4.72 Å². The number of nitrogens with one attached hydrogen (secondary N) is 1. The Balaban J connectivity index is 1.90. The van der Waals surface area contributed by atoms with E-state index in [9.17, 15) is 13.2 Å². The lowest BCUT2D eigenvalue weighted by molar-refractivity contribution is 0.103. The van der Waals surface area contributed by atoms with Crippen LogP contribution >= 0.6 is 58.0 Å². The lowest BCUT2D eigenvalue weighted by atomic mass is 10.0. The Hall–Kier alpha value is -1.47. The molecule has 0 radical (unpaired) electrons. The van der Waals surface area contributed by atoms with Crippen LogP contribution in [0.2, 0.25) is 25.1 Å². The number of halogens is 5. The second-order valence-corrected chi connectivity index (χ2v) is 9.64. The summed E-state index contributed by atoms with van der Waals surface area (Å²) < 4.78 is 27.5. The molecule has 0 aliphatic carbocycles. The number of benzene rings is 3. The van der Waals surface area contributed by atoms with Gasteiger partial charge in [-0.25, -0.2) is 8.42 Å². The third kappa shape index (κ3) is 5.18. The lowest BCUT2D eigenvalue weighted by Crippen LogP contribution is -2.14. The first-order valence-corrected chi connectivity index (χ1v) is 11.2. The summed E-state index contributed by atoms with van der Waals surface area (Å²) in [7, 11) is -3.99. The van der Waals surface area contributed by atoms with Crippen LogP contribution in [-0.2, 0) is 10.0 Å². The highest BCUT2D eigenvalue weighted by Gasteiger charge is 2.20. The van der Waals surface area contributed by atoms with Crippen LogP contribution in [0.4, 0.5) is 5.69 Å². The highest BCUT2D eigenvalue weighted by atomic mass is 35.5. The summed E-state index contributed by atoms with van der Waals surface area (Å²) in [6.07, 6.45) is 0. The van der Waals surface area contributed by atoms with Crippen molar-refractivity contribution in [1.29, 1.82) is 0 Å². The first kappa shape index (κ1) is 22.2. The van der Waals surface area contributed by atoms with E-state index in [1.54, 1.807) is 0 Å². The molecule has 3 rings (SSSR count). The van der Waals surface area contributed by atoms with E-state index in [0.29, 0.717) is 15.1 Å². The number of carbonyl (C=O) groups is 1. The van der Waals surface area contributed by atoms with Crippen molar-refractivity contribution in [2.75, 3.05) is 4.72 Å². The van der Waals surface area contributed by atoms with Gasteiger partial charge in [0.05, 0.1) is 15.7 Å². The zero-order valence-electron chi connectivity index (χ0n) is 14.2. The minimum Gasteiger partial charge on any atom is -0.289 e. The van der Waals surface area contributed by atoms with Gasteiger partial charge in [0.1, 0.15) is 4.90 Å². The van der Waals surface area contributed by atoms with Crippen molar-refractivity contribution in [3.8, 4) is 0 Å². The Kier molecular flexibility index (Phi) is 6.68. The topological polar surface area (TPSA) is 63.2 Å². The van der Waals surface area contributed by atoms with Gasteiger partial charge in [-0.2, -0.15) is 0 Å². The van der Waals surface area contributed by atoms with Crippen LogP contribution in [0.1, 0.15) is 15.9 Å². The van der Waals surface area contributed by atoms with E-state index in [4.69, 9.17) is 58.0 Å². The maximum Gasteiger partial charge on any atom is 0.263 e. The molecule has 0 bridgehead atoms. The Bertz CT molecular complexity index is 1210. The molecule has 0 aromatic heterocycles. The summed E-state index contributed by atoms with van der Waals surface area (Å²) in [5.74, 6) is -0.408. The van der Waals surface area contributed by atoms with Crippen LogP contribution in [0, 0.1) is 0 Å². The van der Waals surface area contributed by atoms with E-state index < -0.39 is 15.8 Å². The Morgan fingerprint density at radius 1 is 0.724 bits per heavy atom. The molecule has 0 fully saturated rings. The minimum atomic E-state index is -3.99. The molecule has 0 spiro atoms. The third-order valence-electron chi connectivity index (χ3n) is 3.77. The maximum absolute atomic E-state index is 12.7. The SMILES string of the molecule is O=C(c1cc(Cl)cc(Cl)c1)c1ccc(NS(=O)(=O)c2ccc(Cl)cc2Cl)cc1Cl. The Morgan fingerprint density at radius 3 is 1.97 bits per heavy atom. The van der Waals surface area contributed by atoms with E-state index in [1.165, 1.54) is 54.6 Å². The monoisotopic (exact) mass is 507 g/mol. The van der Waals surface area contributed by atoms with Gasteiger partial charge in [-0.1, -0.05) is 58.0 Å². The number of carbonyl (C=O) groups excluding carboxylic acids is 1. The van der Waals surface area contributed by atoms with Crippen molar-refractivity contribution >= 4 is 79.5 Å². The van der Waals surface area contributed by atoms with Gasteiger partial charge in [-0.05, 0) is 54.6 Å². The average molecular weight is 510 g/mol. The molecule has 0 heterocycles. The van der Waals surface area contributed by atoms with Gasteiger partial charge >= 0.3 is 0 Å². The second kappa shape index (κ2) is 8.72. The second-order valence-electron chi connectivity index (χ2n) is 5.86. The van der Waals surface area contributed by atoms with Crippen LogP contribution in [0.15, 0.2) is 59.5 Å². The molecular formula is C19H10Cl5NO3S. The van der Waals surface area contributed by atoms with Crippen molar-refractivity contribution in [2.24, 2.45) is 0 Å². The summed E-state index contributed by atoms with van der Waals surface area (Å²) in [5, 5.41) is 0.942. The molecule has 1 N–H and O–H groups in total. The molecule has 0 atom stereocenters. The predicted octanol–water partition coefficient (Wildman–Crippen LogP) is 6.99. The van der Waals surface area contributed by atoms with Crippen molar-refractivity contribution in [2.45, 2.75) is 4.90 Å². The van der Waals surface area contributed by atoms with Gasteiger partial charge in [-0.15, -0.1) is 0 Å². The molecule has 10 heteroatoms. The highest BCUT2D eigenvalue weighted by molar-refractivity contribution is 7.92. The Morgan fingerprint density at radius 2 is 1.38 bits per heavy atom. The summed E-state index contributed by atoms with van der Waals surface area (Å²) in [6.45, 7) is 0. The molecule has 4 nitrogen and oxygen atoms in total. The van der Waals surface area contributed by atoms with Gasteiger partial charge in [0.15, 0.2) is 5.78 Å². The molecule has 0 unspecified atom stereocenters. The first-order chi connectivity index (χ1) is 13.6. The summed E-state index contributed by atoms with van der Waals surface area (Å²) >= 11 is 29.9. The molecule has 0 aliphatic rings. The van der Waals surface area contributed by atoms with Gasteiger partial charge < -0.3 is 0 Å². The maximum atomic E-state index is 12.7. The van der Waals surface area contributed by atoms with Crippen LogP contribution in [0.25, 0.3) is 0 Å². The zero-order valence-corrected chi connectivity index (χ0v) is 18.8. The third-order valence-corrected chi connectivity index (χ3v) is 6.62. The molecule has 0 aliphatic heterocycles. The summed E-state index contributed by atoms with van der Waals surface area (Å²) in [5.41, 5.74) is 0.574. The molecule has 150 valence electrons. The number of hydrogen-bond acceptors (Lipinski definition) is 3. The molecular weight excluding hydrogens is 500 g/mol. The molecule has 3 aromatic rings. The number of hydrogen-bond donors (Lipinski definition) is 1. The fraction of sp³-hybridized carbons (Fsp3) is 0. The van der Waals surface area contributed by atoms with E-state index in [1.807, 2.05) is 0 Å². The fourth-order valence-electron chi connectivity index (χ4n) is 2.51. The van der Waals surface area contributed by atoms with E-state index >= 15 is 0 Å². The fourth-order valence-corrected chi connectivity index (χ4v) is 5.12. The van der Waals surface area contributed by atoms with Gasteiger partial charge in [0.25, 0.3) is 10.0 Å². The van der Waals surface area contributed by atoms with E-state index in [-0.39, 0.29) is 31.8 Å². The number of sulfonamides is 1. The van der Waals surface area contributed by atoms with Gasteiger partial charge in [0, 0.05) is 26.2 Å². The minimum absolute atomic E-state index is 0.0271. The number of rotatable bonds is 5. The van der Waals surface area contributed by atoms with E-state index in [0.717, 1.165) is 0 Å². The lowest BCUT2D eigenvalue weighted by Gasteiger charge is -2.11. The van der Waals surface area contributed by atoms with Crippen molar-refractivity contribution in [1.82, 2.24) is 0 Å². The largest absolute Gasteiger partial charge is 0.289 e. The predicted molar refractivity (Wildman–Crippen MR) is 119 cm³/mol. The molecule has 29 heavy (non-hydrogen) atoms. The highest BCUT2D eigenvalue weighted by Crippen LogP contribution is 2.30. The quantitative estimate of drug-likeness (QED) is 0.377. The molecule has 0 saturated carbocycles. The van der Waals surface area contributed by atoms with Gasteiger partial charge in [0.2, 0.25) is 0 Å². The van der Waals surface area contributed by atoms with Crippen molar-refractivity contribution in [3.63, 3.8) is 0 Å². The first-order valence-electron chi connectivity index (χ1n) is 7.85. The summed E-state index contributed by atoms with van der Waals surface area (Å²) in [6, 6.07) is 12.6. The summed E-state index contributed by atoms with van der Waals surface area (Å²) in [4.78, 5) is 12.6. The van der Waals surface area contributed by atoms with Crippen LogP contribution in [0.5, 0.6) is 0 Å². The van der Waals surface area contributed by atoms with E-state index in [2.05, 4.69) is 4.72 Å². The zero-order chi connectivity index (χ0) is 21.3. The molecule has 3 aromatic carbocycles. The molecule has 0 saturated heterocycles. The van der Waals surface area contributed by atoms with Crippen molar-refractivity contribution < 1.29 is 13.2 Å². The smallest absolute Gasteiger partial charge is 0.263 e. The van der Waals surface area contributed by atoms with Crippen LogP contribution in [0.3, 0.4) is 0 Å². The van der Waals surface area contributed by atoms with Crippen molar-refractivity contribution in [3.05, 3.63) is 90.8 Å². The van der Waals surface area contributed by atoms with Gasteiger partial charge in [-0.3, -0.25) is 9.52 Å². The Labute approximate surface area is 192 Å². The number of ketones is 1. The standard InChI is InChI=1S/C19H10Cl5NO3S/c20-11-1-4-18(17(24)8-11)29(27,28)25-14-2-3-15(16(23)9-14)19(26)10-5-12(21)7-13(22)6-10/h1-9,25H. The molecule has 0 amide bonds. The number of anilines is 1. The normalized spacial score (nSPS) is 11.3.